The summed E-state index contributed by atoms with van der Waals surface area (Å²) in [6.45, 7) is 0. The standard InChI is InChI=1S/C31H33N3O3/c35-29-26(20-25-24-18-10-11-19-27(24)32-28(25)21-12-4-1-5-13-21)30(36)34(23-16-8-3-9-17-23)31(37)33(29)22-14-6-2-7-15-22/h1,4-5,10-13,18-20,22-23,35H,2-3,6-9,14-17H2/b25-20+. The van der Waals surface area contributed by atoms with Crippen LogP contribution in [0.5, 0.6) is 5.88 Å². The molecule has 1 aromatic heterocycles. The lowest BCUT2D eigenvalue weighted by Gasteiger charge is -2.29. The third-order valence-electron chi connectivity index (χ3n) is 8.23. The molecule has 0 saturated heterocycles. The molecule has 6 rings (SSSR count). The summed E-state index contributed by atoms with van der Waals surface area (Å²) in [4.78, 5) is 32.7. The highest BCUT2D eigenvalue weighted by molar-refractivity contribution is 6.39. The van der Waals surface area contributed by atoms with Crippen LogP contribution < -0.4 is 11.2 Å². The normalized spacial score (nSPS) is 19.7. The van der Waals surface area contributed by atoms with Gasteiger partial charge in [-0.3, -0.25) is 13.9 Å². The number of fused-ring (bicyclic) bond motifs is 1. The van der Waals surface area contributed by atoms with Crippen LogP contribution in [-0.4, -0.2) is 20.0 Å². The highest BCUT2D eigenvalue weighted by Gasteiger charge is 2.30. The van der Waals surface area contributed by atoms with Gasteiger partial charge in [0.05, 0.1) is 11.4 Å². The summed E-state index contributed by atoms with van der Waals surface area (Å²) in [6, 6.07) is 17.5. The van der Waals surface area contributed by atoms with Crippen LogP contribution in [0.15, 0.2) is 69.2 Å². The number of aromatic hydroxyl groups is 1. The lowest BCUT2D eigenvalue weighted by Crippen LogP contribution is -2.45. The molecule has 0 amide bonds. The maximum Gasteiger partial charge on any atom is 0.334 e. The molecule has 1 N–H and O–H groups in total. The third-order valence-corrected chi connectivity index (χ3v) is 8.23. The van der Waals surface area contributed by atoms with Crippen LogP contribution in [0.1, 0.15) is 93.0 Å². The van der Waals surface area contributed by atoms with Crippen LogP contribution in [0.3, 0.4) is 0 Å². The van der Waals surface area contributed by atoms with Crippen molar-refractivity contribution in [1.29, 1.82) is 0 Å². The molecule has 1 aliphatic heterocycles. The molecule has 0 unspecified atom stereocenters. The molecule has 37 heavy (non-hydrogen) atoms. The molecular formula is C31H33N3O3. The first-order valence-corrected chi connectivity index (χ1v) is 13.7. The molecule has 2 saturated carbocycles. The van der Waals surface area contributed by atoms with E-state index in [0.717, 1.165) is 92.3 Å². The lowest BCUT2D eigenvalue weighted by molar-refractivity contribution is 0.271. The Morgan fingerprint density at radius 1 is 0.757 bits per heavy atom. The lowest BCUT2D eigenvalue weighted by atomic mass is 9.93. The minimum absolute atomic E-state index is 0.0908. The Morgan fingerprint density at radius 2 is 1.35 bits per heavy atom. The Balaban J connectivity index is 1.59. The Morgan fingerprint density at radius 3 is 2.03 bits per heavy atom. The molecule has 3 aliphatic rings. The van der Waals surface area contributed by atoms with Crippen LogP contribution in [-0.2, 0) is 0 Å². The Hall–Kier alpha value is -3.67. The number of hydrogen-bond acceptors (Lipinski definition) is 4. The highest BCUT2D eigenvalue weighted by Crippen LogP contribution is 2.39. The molecule has 2 fully saturated rings. The van der Waals surface area contributed by atoms with E-state index in [1.165, 1.54) is 9.13 Å². The smallest absolute Gasteiger partial charge is 0.334 e. The van der Waals surface area contributed by atoms with E-state index in [4.69, 9.17) is 4.99 Å². The van der Waals surface area contributed by atoms with Gasteiger partial charge < -0.3 is 5.11 Å². The first-order chi connectivity index (χ1) is 18.1. The molecular weight excluding hydrogens is 462 g/mol. The fourth-order valence-electron chi connectivity index (χ4n) is 6.32. The van der Waals surface area contributed by atoms with E-state index in [0.29, 0.717) is 0 Å². The zero-order valence-electron chi connectivity index (χ0n) is 21.1. The van der Waals surface area contributed by atoms with Gasteiger partial charge in [0.2, 0.25) is 5.88 Å². The second-order valence-corrected chi connectivity index (χ2v) is 10.6. The number of allylic oxidation sites excluding steroid dienone is 1. The first-order valence-electron chi connectivity index (χ1n) is 13.7. The van der Waals surface area contributed by atoms with E-state index < -0.39 is 5.56 Å². The van der Waals surface area contributed by atoms with E-state index >= 15 is 0 Å². The molecule has 0 bridgehead atoms. The minimum Gasteiger partial charge on any atom is -0.494 e. The van der Waals surface area contributed by atoms with Crippen molar-refractivity contribution in [3.8, 4) is 5.88 Å². The van der Waals surface area contributed by atoms with Crippen molar-refractivity contribution in [1.82, 2.24) is 9.13 Å². The van der Waals surface area contributed by atoms with Gasteiger partial charge in [-0.2, -0.15) is 0 Å². The molecule has 2 heterocycles. The van der Waals surface area contributed by atoms with Crippen LogP contribution >= 0.6 is 0 Å². The highest BCUT2D eigenvalue weighted by atomic mass is 16.3. The Labute approximate surface area is 216 Å². The van der Waals surface area contributed by atoms with E-state index in [1.807, 2.05) is 54.6 Å². The SMILES string of the molecule is O=c1c(/C=C2/C(c3ccccc3)=Nc3ccccc32)c(O)n(C2CCCCC2)c(=O)n1C1CCCCC1. The predicted octanol–water partition coefficient (Wildman–Crippen LogP) is 6.40. The molecule has 3 aromatic rings. The fraction of sp³-hybridized carbons (Fsp3) is 0.387. The van der Waals surface area contributed by atoms with Gasteiger partial charge in [-0.1, -0.05) is 87.1 Å². The number of para-hydroxylation sites is 1. The largest absolute Gasteiger partial charge is 0.494 e. The van der Waals surface area contributed by atoms with Crippen molar-refractivity contribution in [2.45, 2.75) is 76.3 Å². The minimum atomic E-state index is -0.397. The summed E-state index contributed by atoms with van der Waals surface area (Å²) in [5.74, 6) is -0.210. The topological polar surface area (TPSA) is 76.6 Å². The average molecular weight is 496 g/mol. The monoisotopic (exact) mass is 495 g/mol. The Bertz CT molecular complexity index is 1480. The first kappa shape index (κ1) is 23.7. The molecule has 190 valence electrons. The molecule has 0 spiro atoms. The number of hydrogen-bond donors (Lipinski definition) is 1. The zero-order chi connectivity index (χ0) is 25.4. The summed E-state index contributed by atoms with van der Waals surface area (Å²) in [5, 5.41) is 11.6. The number of nitrogens with zero attached hydrogens (tertiary/aromatic N) is 3. The molecule has 6 nitrogen and oxygen atoms in total. The fourth-order valence-corrected chi connectivity index (χ4v) is 6.32. The summed E-state index contributed by atoms with van der Waals surface area (Å²) in [6.07, 6.45) is 11.4. The summed E-state index contributed by atoms with van der Waals surface area (Å²) in [5.41, 5.74) is 3.68. The molecule has 6 heteroatoms. The van der Waals surface area contributed by atoms with Crippen LogP contribution in [0.4, 0.5) is 5.69 Å². The molecule has 0 atom stereocenters. The van der Waals surface area contributed by atoms with Gasteiger partial charge in [-0.25, -0.2) is 9.79 Å². The van der Waals surface area contributed by atoms with Gasteiger partial charge in [-0.15, -0.1) is 0 Å². The molecule has 2 aliphatic carbocycles. The predicted molar refractivity (Wildman–Crippen MR) is 148 cm³/mol. The zero-order valence-corrected chi connectivity index (χ0v) is 21.1. The number of benzene rings is 2. The maximum absolute atomic E-state index is 14.0. The van der Waals surface area contributed by atoms with Crippen LogP contribution in [0, 0.1) is 0 Å². The average Bonchev–Trinajstić information content (AvgIpc) is 3.31. The second-order valence-electron chi connectivity index (χ2n) is 10.6. The van der Waals surface area contributed by atoms with E-state index in [-0.39, 0.29) is 29.2 Å². The van der Waals surface area contributed by atoms with Crippen molar-refractivity contribution in [2.24, 2.45) is 4.99 Å². The van der Waals surface area contributed by atoms with Gasteiger partial charge in [0.15, 0.2) is 0 Å². The summed E-state index contributed by atoms with van der Waals surface area (Å²) in [7, 11) is 0. The van der Waals surface area contributed by atoms with Gasteiger partial charge in [0.1, 0.15) is 5.56 Å². The van der Waals surface area contributed by atoms with Crippen molar-refractivity contribution in [3.05, 3.63) is 92.1 Å². The third kappa shape index (κ3) is 4.28. The van der Waals surface area contributed by atoms with Gasteiger partial charge >= 0.3 is 5.69 Å². The van der Waals surface area contributed by atoms with Crippen LogP contribution in [0.2, 0.25) is 0 Å². The second kappa shape index (κ2) is 10.0. The summed E-state index contributed by atoms with van der Waals surface area (Å²) >= 11 is 0. The quantitative estimate of drug-likeness (QED) is 0.455. The van der Waals surface area contributed by atoms with Crippen molar-refractivity contribution < 1.29 is 5.11 Å². The number of aliphatic imine (C=N–C) groups is 1. The molecule has 2 aromatic carbocycles. The van der Waals surface area contributed by atoms with Gasteiger partial charge in [0, 0.05) is 28.8 Å². The van der Waals surface area contributed by atoms with Crippen molar-refractivity contribution in [3.63, 3.8) is 0 Å². The van der Waals surface area contributed by atoms with E-state index in [9.17, 15) is 14.7 Å². The number of aromatic nitrogens is 2. The van der Waals surface area contributed by atoms with Crippen molar-refractivity contribution in [2.75, 3.05) is 0 Å². The maximum atomic E-state index is 14.0. The van der Waals surface area contributed by atoms with Gasteiger partial charge in [0.25, 0.3) is 5.56 Å². The van der Waals surface area contributed by atoms with Gasteiger partial charge in [-0.05, 0) is 37.8 Å². The van der Waals surface area contributed by atoms with E-state index in [1.54, 1.807) is 6.08 Å². The number of rotatable bonds is 4. The Kier molecular flexibility index (Phi) is 6.41. The summed E-state index contributed by atoms with van der Waals surface area (Å²) < 4.78 is 2.99. The van der Waals surface area contributed by atoms with Crippen molar-refractivity contribution >= 4 is 23.0 Å². The van der Waals surface area contributed by atoms with E-state index in [2.05, 4.69) is 0 Å². The van der Waals surface area contributed by atoms with Crippen LogP contribution in [0.25, 0.3) is 11.6 Å². The molecule has 0 radical (unpaired) electrons.